The number of aromatic nitrogens is 1. The monoisotopic (exact) mass is 438 g/mol. The minimum Gasteiger partial charge on any atom is -0.755 e. The van der Waals surface area contributed by atoms with Gasteiger partial charge in [0.2, 0.25) is 0 Å². The van der Waals surface area contributed by atoms with Crippen LogP contribution < -0.4 is 9.86 Å². The van der Waals surface area contributed by atoms with E-state index >= 15 is 0 Å². The maximum atomic E-state index is 12.0. The number of hydrogen-bond donors (Lipinski definition) is 2. The SMILES string of the molecule is CCc1cc(-c2ccc(N(CCN3CCCC3C(=O)O)S(=O)[O-])s2)c(C)[nH]c1=O. The summed E-state index contributed by atoms with van der Waals surface area (Å²) in [6.45, 7) is 4.93. The van der Waals surface area contributed by atoms with E-state index < -0.39 is 23.3 Å². The lowest BCUT2D eigenvalue weighted by atomic mass is 10.1. The number of hydrogen-bond acceptors (Lipinski definition) is 6. The molecule has 1 aliphatic heterocycles. The van der Waals surface area contributed by atoms with Gasteiger partial charge in [-0.25, -0.2) is 0 Å². The molecule has 2 aromatic heterocycles. The van der Waals surface area contributed by atoms with Crippen molar-refractivity contribution in [1.29, 1.82) is 0 Å². The fourth-order valence-corrected chi connectivity index (χ4v) is 5.39. The number of carboxylic acid groups (broad SMARTS) is 1. The topological polar surface area (TPSA) is 117 Å². The van der Waals surface area contributed by atoms with Crippen molar-refractivity contribution in [3.05, 3.63) is 39.8 Å². The van der Waals surface area contributed by atoms with Crippen molar-refractivity contribution < 1.29 is 18.7 Å². The molecule has 2 N–H and O–H groups in total. The highest BCUT2D eigenvalue weighted by atomic mass is 32.2. The molecule has 2 unspecified atom stereocenters. The van der Waals surface area contributed by atoms with Crippen molar-refractivity contribution >= 4 is 33.6 Å². The summed E-state index contributed by atoms with van der Waals surface area (Å²) in [5.74, 6) is -0.865. The van der Waals surface area contributed by atoms with Crippen LogP contribution in [-0.2, 0) is 22.5 Å². The summed E-state index contributed by atoms with van der Waals surface area (Å²) < 4.78 is 24.9. The van der Waals surface area contributed by atoms with Gasteiger partial charge in [-0.2, -0.15) is 0 Å². The molecule has 2 atom stereocenters. The Morgan fingerprint density at radius 3 is 2.90 bits per heavy atom. The molecule has 2 aromatic rings. The normalized spacial score (nSPS) is 18.1. The fourth-order valence-electron chi connectivity index (χ4n) is 3.64. The molecule has 8 nitrogen and oxygen atoms in total. The number of aromatic amines is 1. The zero-order chi connectivity index (χ0) is 21.1. The first kappa shape index (κ1) is 21.7. The van der Waals surface area contributed by atoms with Gasteiger partial charge < -0.3 is 14.6 Å². The first-order valence-electron chi connectivity index (χ1n) is 9.48. The van der Waals surface area contributed by atoms with Gasteiger partial charge >= 0.3 is 5.97 Å². The summed E-state index contributed by atoms with van der Waals surface area (Å²) in [5.41, 5.74) is 2.18. The summed E-state index contributed by atoms with van der Waals surface area (Å²) >= 11 is -1.15. The number of aryl methyl sites for hydroxylation is 2. The van der Waals surface area contributed by atoms with Crippen LogP contribution in [0.4, 0.5) is 5.00 Å². The minimum absolute atomic E-state index is 0.105. The first-order chi connectivity index (χ1) is 13.8. The number of aliphatic carboxylic acids is 1. The summed E-state index contributed by atoms with van der Waals surface area (Å²) in [5, 5.41) is 9.85. The summed E-state index contributed by atoms with van der Waals surface area (Å²) in [6.07, 6.45) is 1.99. The first-order valence-corrected chi connectivity index (χ1v) is 11.3. The maximum Gasteiger partial charge on any atom is 0.320 e. The molecule has 1 fully saturated rings. The van der Waals surface area contributed by atoms with E-state index in [1.54, 1.807) is 6.07 Å². The highest BCUT2D eigenvalue weighted by Gasteiger charge is 2.30. The summed E-state index contributed by atoms with van der Waals surface area (Å²) in [7, 11) is 0. The molecule has 1 aliphatic rings. The van der Waals surface area contributed by atoms with E-state index in [0.29, 0.717) is 36.5 Å². The Hall–Kier alpha value is -2.01. The average Bonchev–Trinajstić information content (AvgIpc) is 3.31. The number of anilines is 1. The number of H-pyrrole nitrogens is 1. The van der Waals surface area contributed by atoms with Gasteiger partial charge in [-0.1, -0.05) is 6.92 Å². The standard InChI is InChI=1S/C19H25N3O5S2/c1-3-13-11-14(12(2)20-18(13)23)16-6-7-17(28-16)22(29(26)27)10-9-21-8-4-5-15(21)19(24)25/h6-7,11,15H,3-5,8-10H2,1-2H3,(H,20,23)(H,24,25)(H,26,27)/p-1. The second kappa shape index (κ2) is 9.21. The lowest BCUT2D eigenvalue weighted by Gasteiger charge is -2.28. The Labute approximate surface area is 175 Å². The van der Waals surface area contributed by atoms with Crippen LogP contribution in [0.2, 0.25) is 0 Å². The molecular weight excluding hydrogens is 414 g/mol. The highest BCUT2D eigenvalue weighted by Crippen LogP contribution is 2.35. The van der Waals surface area contributed by atoms with Crippen LogP contribution in [0.1, 0.15) is 31.0 Å². The Balaban J connectivity index is 1.80. The van der Waals surface area contributed by atoms with Gasteiger partial charge in [0.25, 0.3) is 5.56 Å². The molecule has 10 heteroatoms. The molecule has 0 spiro atoms. The number of likely N-dealkylation sites (tertiary alicyclic amines) is 1. The zero-order valence-corrected chi connectivity index (χ0v) is 18.0. The number of nitrogens with one attached hydrogen (secondary N) is 1. The van der Waals surface area contributed by atoms with Crippen LogP contribution >= 0.6 is 11.3 Å². The third-order valence-corrected chi connectivity index (χ3v) is 7.21. The van der Waals surface area contributed by atoms with Crippen LogP contribution in [-0.4, -0.2) is 55.4 Å². The second-order valence-electron chi connectivity index (χ2n) is 7.01. The number of nitrogens with zero attached hydrogens (tertiary/aromatic N) is 2. The Bertz CT molecular complexity index is 971. The largest absolute Gasteiger partial charge is 0.755 e. The lowest BCUT2D eigenvalue weighted by molar-refractivity contribution is -0.142. The molecular formula is C19H24N3O5S2-. The molecule has 158 valence electrons. The van der Waals surface area contributed by atoms with E-state index in [9.17, 15) is 23.5 Å². The van der Waals surface area contributed by atoms with Gasteiger partial charge in [-0.3, -0.25) is 23.0 Å². The van der Waals surface area contributed by atoms with Gasteiger partial charge in [0.15, 0.2) is 0 Å². The predicted octanol–water partition coefficient (Wildman–Crippen LogP) is 2.12. The van der Waals surface area contributed by atoms with Gasteiger partial charge in [0.1, 0.15) is 11.0 Å². The van der Waals surface area contributed by atoms with Gasteiger partial charge in [-0.15, -0.1) is 11.3 Å². The third kappa shape index (κ3) is 4.77. The maximum absolute atomic E-state index is 12.0. The van der Waals surface area contributed by atoms with Gasteiger partial charge in [0.05, 0.1) is 0 Å². The zero-order valence-electron chi connectivity index (χ0n) is 16.3. The van der Waals surface area contributed by atoms with E-state index in [-0.39, 0.29) is 12.1 Å². The molecule has 3 rings (SSSR count). The number of rotatable bonds is 8. The highest BCUT2D eigenvalue weighted by molar-refractivity contribution is 7.81. The molecule has 0 amide bonds. The van der Waals surface area contributed by atoms with Crippen LogP contribution in [0.3, 0.4) is 0 Å². The van der Waals surface area contributed by atoms with Crippen molar-refractivity contribution in [2.45, 2.75) is 39.2 Å². The van der Waals surface area contributed by atoms with Crippen molar-refractivity contribution in [2.24, 2.45) is 0 Å². The van der Waals surface area contributed by atoms with E-state index in [0.717, 1.165) is 22.6 Å². The number of carbonyl (C=O) groups is 1. The molecule has 0 aliphatic carbocycles. The summed E-state index contributed by atoms with van der Waals surface area (Å²) in [4.78, 5) is 28.8. The smallest absolute Gasteiger partial charge is 0.320 e. The van der Waals surface area contributed by atoms with E-state index in [1.807, 2.05) is 30.9 Å². The third-order valence-electron chi connectivity index (χ3n) is 5.22. The molecule has 0 bridgehead atoms. The van der Waals surface area contributed by atoms with Crippen LogP contribution in [0.15, 0.2) is 23.0 Å². The predicted molar refractivity (Wildman–Crippen MR) is 113 cm³/mol. The number of carboxylic acids is 1. The fraction of sp³-hybridized carbons (Fsp3) is 0.474. The van der Waals surface area contributed by atoms with Gasteiger partial charge in [0, 0.05) is 46.1 Å². The number of pyridine rings is 1. The molecule has 29 heavy (non-hydrogen) atoms. The van der Waals surface area contributed by atoms with Gasteiger partial charge in [-0.05, 0) is 50.9 Å². The van der Waals surface area contributed by atoms with E-state index in [2.05, 4.69) is 4.98 Å². The van der Waals surface area contributed by atoms with E-state index in [1.165, 1.54) is 15.6 Å². The Kier molecular flexibility index (Phi) is 6.89. The average molecular weight is 439 g/mol. The van der Waals surface area contributed by atoms with Crippen LogP contribution in [0.5, 0.6) is 0 Å². The van der Waals surface area contributed by atoms with Crippen molar-refractivity contribution in [3.8, 4) is 10.4 Å². The molecule has 3 heterocycles. The Morgan fingerprint density at radius 1 is 1.48 bits per heavy atom. The number of thiophene rings is 1. The molecule has 0 radical (unpaired) electrons. The minimum atomic E-state index is -2.47. The molecule has 0 aromatic carbocycles. The Morgan fingerprint density at radius 2 is 2.24 bits per heavy atom. The summed E-state index contributed by atoms with van der Waals surface area (Å²) in [6, 6.07) is 4.89. The van der Waals surface area contributed by atoms with Crippen LogP contribution in [0, 0.1) is 6.92 Å². The van der Waals surface area contributed by atoms with Crippen molar-refractivity contribution in [1.82, 2.24) is 9.88 Å². The molecule has 1 saturated heterocycles. The lowest BCUT2D eigenvalue weighted by Crippen LogP contribution is -2.41. The van der Waals surface area contributed by atoms with Crippen molar-refractivity contribution in [3.63, 3.8) is 0 Å². The van der Waals surface area contributed by atoms with Crippen LogP contribution in [0.25, 0.3) is 10.4 Å². The van der Waals surface area contributed by atoms with E-state index in [4.69, 9.17) is 0 Å². The second-order valence-corrected chi connectivity index (χ2v) is 8.94. The van der Waals surface area contributed by atoms with Crippen molar-refractivity contribution in [2.75, 3.05) is 23.9 Å². The molecule has 0 saturated carbocycles. The quantitative estimate of drug-likeness (QED) is 0.610.